The summed E-state index contributed by atoms with van der Waals surface area (Å²) in [4.78, 5) is 8.69. The Balaban J connectivity index is 1.74. The first kappa shape index (κ1) is 21.4. The molecule has 0 saturated heterocycles. The predicted molar refractivity (Wildman–Crippen MR) is 115 cm³/mol. The van der Waals surface area contributed by atoms with Gasteiger partial charge in [-0.15, -0.1) is 0 Å². The van der Waals surface area contributed by atoms with E-state index in [1.807, 2.05) is 18.3 Å². The van der Waals surface area contributed by atoms with Gasteiger partial charge in [-0.25, -0.2) is 14.5 Å². The summed E-state index contributed by atoms with van der Waals surface area (Å²) in [5.41, 5.74) is 7.62. The van der Waals surface area contributed by atoms with E-state index in [1.165, 1.54) is 6.07 Å². The van der Waals surface area contributed by atoms with Gasteiger partial charge in [-0.3, -0.25) is 0 Å². The molecule has 1 aromatic carbocycles. The highest BCUT2D eigenvalue weighted by atomic mass is 19.4. The van der Waals surface area contributed by atoms with Gasteiger partial charge in [0.15, 0.2) is 5.82 Å². The smallest absolute Gasteiger partial charge is 0.416 e. The molecule has 0 aliphatic heterocycles. The quantitative estimate of drug-likeness (QED) is 0.428. The van der Waals surface area contributed by atoms with Crippen molar-refractivity contribution < 1.29 is 17.9 Å². The number of pyridine rings is 1. The van der Waals surface area contributed by atoms with E-state index in [0.717, 1.165) is 23.3 Å². The number of hydrogen-bond acceptors (Lipinski definition) is 6. The van der Waals surface area contributed by atoms with Gasteiger partial charge < -0.3 is 15.8 Å². The first-order valence-electron chi connectivity index (χ1n) is 9.76. The highest BCUT2D eigenvalue weighted by Gasteiger charge is 2.31. The molecule has 4 rings (SSSR count). The number of alkyl halides is 3. The molecule has 32 heavy (non-hydrogen) atoms. The van der Waals surface area contributed by atoms with Crippen LogP contribution in [0.15, 0.2) is 48.8 Å². The zero-order chi connectivity index (χ0) is 23.0. The summed E-state index contributed by atoms with van der Waals surface area (Å²) in [6.45, 7) is 3.48. The van der Waals surface area contributed by atoms with Crippen LogP contribution in [0, 0.1) is 6.92 Å². The Hall–Kier alpha value is -3.82. The van der Waals surface area contributed by atoms with Crippen molar-refractivity contribution in [1.29, 1.82) is 0 Å². The molecule has 10 heteroatoms. The fraction of sp³-hybridized carbons (Fsp3) is 0.227. The molecule has 166 valence electrons. The Labute approximate surface area is 182 Å². The van der Waals surface area contributed by atoms with Gasteiger partial charge >= 0.3 is 6.18 Å². The average Bonchev–Trinajstić information content (AvgIpc) is 3.16. The maximum absolute atomic E-state index is 13.2. The highest BCUT2D eigenvalue weighted by molar-refractivity contribution is 5.79. The van der Waals surface area contributed by atoms with Crippen molar-refractivity contribution in [2.24, 2.45) is 0 Å². The van der Waals surface area contributed by atoms with E-state index in [0.29, 0.717) is 28.6 Å². The summed E-state index contributed by atoms with van der Waals surface area (Å²) < 4.78 is 46.6. The molecule has 0 radical (unpaired) electrons. The minimum atomic E-state index is -4.48. The van der Waals surface area contributed by atoms with Crippen LogP contribution in [0.25, 0.3) is 16.6 Å². The van der Waals surface area contributed by atoms with E-state index in [1.54, 1.807) is 37.7 Å². The van der Waals surface area contributed by atoms with Crippen LogP contribution in [-0.2, 0) is 6.18 Å². The van der Waals surface area contributed by atoms with E-state index < -0.39 is 17.8 Å². The van der Waals surface area contributed by atoms with Gasteiger partial charge in [-0.1, -0.05) is 0 Å². The lowest BCUT2D eigenvalue weighted by atomic mass is 10.0. The second kappa shape index (κ2) is 8.03. The van der Waals surface area contributed by atoms with Gasteiger partial charge in [-0.2, -0.15) is 18.3 Å². The highest BCUT2D eigenvalue weighted by Crippen LogP contribution is 2.34. The Bertz CT molecular complexity index is 1280. The monoisotopic (exact) mass is 442 g/mol. The van der Waals surface area contributed by atoms with Crippen LogP contribution in [-0.4, -0.2) is 26.7 Å². The van der Waals surface area contributed by atoms with Crippen LogP contribution in [0.5, 0.6) is 5.88 Å². The molecule has 3 aromatic heterocycles. The topological polar surface area (TPSA) is 90.4 Å². The normalized spacial score (nSPS) is 12.7. The lowest BCUT2D eigenvalue weighted by Gasteiger charge is -2.18. The molecular weight excluding hydrogens is 421 g/mol. The zero-order valence-corrected chi connectivity index (χ0v) is 17.6. The number of hydrogen-bond donors (Lipinski definition) is 2. The summed E-state index contributed by atoms with van der Waals surface area (Å²) in [6.07, 6.45) is -1.03. The second-order valence-electron chi connectivity index (χ2n) is 7.38. The van der Waals surface area contributed by atoms with Gasteiger partial charge in [-0.05, 0) is 55.8 Å². The Morgan fingerprint density at radius 2 is 1.97 bits per heavy atom. The molecular formula is C22H21F3N6O. The minimum Gasteiger partial charge on any atom is -0.481 e. The number of fused-ring (bicyclic) bond motifs is 1. The number of ether oxygens (including phenoxy) is 1. The summed E-state index contributed by atoms with van der Waals surface area (Å²) >= 11 is 0. The predicted octanol–water partition coefficient (Wildman–Crippen LogP) is 4.88. The zero-order valence-electron chi connectivity index (χ0n) is 17.6. The van der Waals surface area contributed by atoms with Crippen LogP contribution in [0.4, 0.5) is 24.7 Å². The lowest BCUT2D eigenvalue weighted by Crippen LogP contribution is -2.13. The number of halogens is 3. The number of anilines is 2. The molecule has 0 amide bonds. The van der Waals surface area contributed by atoms with E-state index >= 15 is 0 Å². The number of nitrogens with zero attached hydrogens (tertiary/aromatic N) is 4. The van der Waals surface area contributed by atoms with E-state index in [4.69, 9.17) is 10.5 Å². The molecule has 3 heterocycles. The molecule has 0 bridgehead atoms. The van der Waals surface area contributed by atoms with Crippen molar-refractivity contribution in [2.45, 2.75) is 26.1 Å². The molecule has 0 saturated carbocycles. The SMILES string of the molecule is COc1ncccc1-c1cc2c(N[C@H](C)c3cc(N)cc(C(F)(F)F)c3)nc(C)nn2c1. The molecule has 0 spiro atoms. The third kappa shape index (κ3) is 4.16. The van der Waals surface area contributed by atoms with Gasteiger partial charge in [0.25, 0.3) is 0 Å². The minimum absolute atomic E-state index is 0.0427. The number of rotatable bonds is 5. The van der Waals surface area contributed by atoms with E-state index in [-0.39, 0.29) is 5.69 Å². The van der Waals surface area contributed by atoms with Gasteiger partial charge in [0.2, 0.25) is 5.88 Å². The Morgan fingerprint density at radius 3 is 2.69 bits per heavy atom. The standard InChI is InChI=1S/C22H21F3N6O/c1-12(14-7-16(22(23,24)25)10-17(26)8-14)28-20-19-9-15(11-31(19)30-13(2)29-20)18-5-4-6-27-21(18)32-3/h4-12H,26H2,1-3H3,(H,28,29,30)/t12-/m1/s1. The Morgan fingerprint density at radius 1 is 1.19 bits per heavy atom. The second-order valence-corrected chi connectivity index (χ2v) is 7.38. The van der Waals surface area contributed by atoms with Crippen LogP contribution in [0.1, 0.15) is 29.9 Å². The Kier molecular flexibility index (Phi) is 5.37. The summed E-state index contributed by atoms with van der Waals surface area (Å²) in [5.74, 6) is 1.45. The van der Waals surface area contributed by atoms with Crippen molar-refractivity contribution in [2.75, 3.05) is 18.2 Å². The third-order valence-corrected chi connectivity index (χ3v) is 5.00. The van der Waals surface area contributed by atoms with Crippen molar-refractivity contribution in [1.82, 2.24) is 19.6 Å². The molecule has 0 fully saturated rings. The van der Waals surface area contributed by atoms with Gasteiger partial charge in [0.05, 0.1) is 18.7 Å². The van der Waals surface area contributed by atoms with Crippen molar-refractivity contribution >= 4 is 17.0 Å². The largest absolute Gasteiger partial charge is 0.481 e. The van der Waals surface area contributed by atoms with Crippen LogP contribution in [0.3, 0.4) is 0 Å². The maximum atomic E-state index is 13.2. The molecule has 0 aliphatic carbocycles. The van der Waals surface area contributed by atoms with Crippen LogP contribution in [0.2, 0.25) is 0 Å². The van der Waals surface area contributed by atoms with Crippen LogP contribution < -0.4 is 15.8 Å². The van der Waals surface area contributed by atoms with Crippen LogP contribution >= 0.6 is 0 Å². The number of aromatic nitrogens is 4. The summed E-state index contributed by atoms with van der Waals surface area (Å²) in [6, 6.07) is 8.58. The summed E-state index contributed by atoms with van der Waals surface area (Å²) in [5, 5.41) is 7.61. The molecule has 4 aromatic rings. The van der Waals surface area contributed by atoms with Crippen molar-refractivity contribution in [3.05, 3.63) is 65.7 Å². The summed E-state index contributed by atoms with van der Waals surface area (Å²) in [7, 11) is 1.54. The number of aryl methyl sites for hydroxylation is 1. The first-order valence-corrected chi connectivity index (χ1v) is 9.76. The third-order valence-electron chi connectivity index (χ3n) is 5.00. The van der Waals surface area contributed by atoms with Crippen molar-refractivity contribution in [3.63, 3.8) is 0 Å². The molecule has 3 N–H and O–H groups in total. The van der Waals surface area contributed by atoms with Crippen molar-refractivity contribution in [3.8, 4) is 17.0 Å². The maximum Gasteiger partial charge on any atom is 0.416 e. The van der Waals surface area contributed by atoms with E-state index in [2.05, 4.69) is 20.4 Å². The lowest BCUT2D eigenvalue weighted by molar-refractivity contribution is -0.137. The fourth-order valence-corrected chi connectivity index (χ4v) is 3.51. The number of nitrogens with two attached hydrogens (primary N) is 1. The molecule has 1 atom stereocenters. The number of methoxy groups -OCH3 is 1. The molecule has 0 aliphatic rings. The average molecular weight is 442 g/mol. The molecule has 7 nitrogen and oxygen atoms in total. The first-order chi connectivity index (χ1) is 15.2. The number of nitrogens with one attached hydrogen (secondary N) is 1. The fourth-order valence-electron chi connectivity index (χ4n) is 3.51. The van der Waals surface area contributed by atoms with Gasteiger partial charge in [0, 0.05) is 29.2 Å². The number of nitrogen functional groups attached to an aromatic ring is 1. The van der Waals surface area contributed by atoms with E-state index in [9.17, 15) is 13.2 Å². The molecule has 0 unspecified atom stereocenters. The van der Waals surface area contributed by atoms with Gasteiger partial charge in [0.1, 0.15) is 11.3 Å². The number of benzene rings is 1.